The lowest BCUT2D eigenvalue weighted by atomic mass is 10.1. The second kappa shape index (κ2) is 8.05. The number of benzene rings is 2. The third-order valence-electron chi connectivity index (χ3n) is 4.88. The minimum Gasteiger partial charge on any atom is -0.383 e. The molecule has 0 radical (unpaired) electrons. The number of amides is 2. The van der Waals surface area contributed by atoms with Crippen LogP contribution in [-0.4, -0.2) is 47.3 Å². The molecule has 2 aromatic carbocycles. The maximum absolute atomic E-state index is 13.2. The number of carbonyl (C=O) groups excluding carboxylic acids is 2. The van der Waals surface area contributed by atoms with E-state index in [0.717, 1.165) is 10.8 Å². The fraction of sp³-hybridized carbons (Fsp3) is 0.190. The maximum Gasteiger partial charge on any atom is 0.259 e. The summed E-state index contributed by atoms with van der Waals surface area (Å²) in [4.78, 5) is 30.7. The van der Waals surface area contributed by atoms with Gasteiger partial charge < -0.3 is 25.8 Å². The monoisotopic (exact) mass is 410 g/mol. The van der Waals surface area contributed by atoms with E-state index in [0.29, 0.717) is 17.2 Å². The largest absolute Gasteiger partial charge is 0.383 e. The summed E-state index contributed by atoms with van der Waals surface area (Å²) in [5.41, 5.74) is 6.71. The number of aliphatic hydroxyl groups excluding tert-OH is 1. The van der Waals surface area contributed by atoms with Crippen LogP contribution >= 0.6 is 0 Å². The predicted octanol–water partition coefficient (Wildman–Crippen LogP) is 1.69. The van der Waals surface area contributed by atoms with Crippen LogP contribution in [0.4, 0.5) is 21.6 Å². The van der Waals surface area contributed by atoms with Crippen molar-refractivity contribution in [1.29, 1.82) is 0 Å². The highest BCUT2D eigenvalue weighted by Gasteiger charge is 2.39. The Hall–Kier alpha value is -3.56. The number of nitrogens with two attached hydrogens (primary N) is 1. The standard InChI is InChI=1S/C21H19FN4O4/c22-13-1-4-15(5-2-13)26-9-10-30-18(21(26)29)17(27)20(28)25-14-3-6-16-12(11-14)7-8-24-19(16)23/h1-8,11,17-18,27H,9-10H2,(H2,23,24)(H,25,28)/t17-,18?/m1/s1. The molecule has 1 unspecified atom stereocenters. The number of fused-ring (bicyclic) bond motifs is 1. The molecular formula is C21H19FN4O4. The van der Waals surface area contributed by atoms with Crippen LogP contribution < -0.4 is 16.0 Å². The summed E-state index contributed by atoms with van der Waals surface area (Å²) in [6, 6.07) is 12.1. The molecule has 4 rings (SSSR count). The number of nitrogen functional groups attached to an aromatic ring is 1. The average molecular weight is 410 g/mol. The number of hydrogen-bond acceptors (Lipinski definition) is 6. The highest BCUT2D eigenvalue weighted by atomic mass is 19.1. The fourth-order valence-corrected chi connectivity index (χ4v) is 3.34. The van der Waals surface area contributed by atoms with Gasteiger partial charge in [-0.2, -0.15) is 0 Å². The van der Waals surface area contributed by atoms with E-state index in [1.807, 2.05) is 0 Å². The third-order valence-corrected chi connectivity index (χ3v) is 4.88. The van der Waals surface area contributed by atoms with Gasteiger partial charge in [-0.05, 0) is 53.9 Å². The van der Waals surface area contributed by atoms with Crippen LogP contribution in [0.1, 0.15) is 0 Å². The van der Waals surface area contributed by atoms with Crippen LogP contribution in [0.5, 0.6) is 0 Å². The summed E-state index contributed by atoms with van der Waals surface area (Å²) in [7, 11) is 0. The molecule has 1 aliphatic rings. The Morgan fingerprint density at radius 2 is 2.03 bits per heavy atom. The van der Waals surface area contributed by atoms with Crippen molar-refractivity contribution >= 4 is 39.8 Å². The summed E-state index contributed by atoms with van der Waals surface area (Å²) in [5, 5.41) is 14.5. The lowest BCUT2D eigenvalue weighted by molar-refractivity contribution is -0.150. The van der Waals surface area contributed by atoms with Gasteiger partial charge in [-0.3, -0.25) is 9.59 Å². The van der Waals surface area contributed by atoms with E-state index in [1.54, 1.807) is 30.5 Å². The molecule has 1 fully saturated rings. The molecule has 0 bridgehead atoms. The van der Waals surface area contributed by atoms with Crippen molar-refractivity contribution in [2.24, 2.45) is 0 Å². The molecule has 30 heavy (non-hydrogen) atoms. The summed E-state index contributed by atoms with van der Waals surface area (Å²) in [6.07, 6.45) is -1.54. The summed E-state index contributed by atoms with van der Waals surface area (Å²) in [5.74, 6) is -1.42. The number of nitrogens with zero attached hydrogens (tertiary/aromatic N) is 2. The van der Waals surface area contributed by atoms with Gasteiger partial charge in [-0.1, -0.05) is 0 Å². The Morgan fingerprint density at radius 1 is 1.27 bits per heavy atom. The molecule has 154 valence electrons. The predicted molar refractivity (Wildman–Crippen MR) is 109 cm³/mol. The molecular weight excluding hydrogens is 391 g/mol. The molecule has 0 spiro atoms. The van der Waals surface area contributed by atoms with Crippen LogP contribution in [0.25, 0.3) is 10.8 Å². The van der Waals surface area contributed by atoms with E-state index in [-0.39, 0.29) is 13.2 Å². The van der Waals surface area contributed by atoms with Gasteiger partial charge in [0.2, 0.25) is 0 Å². The SMILES string of the molecule is Nc1nccc2cc(NC(=O)[C@H](O)C3OCCN(c4ccc(F)cc4)C3=O)ccc12. The minimum absolute atomic E-state index is 0.125. The zero-order chi connectivity index (χ0) is 21.3. The summed E-state index contributed by atoms with van der Waals surface area (Å²) in [6.45, 7) is 0.357. The van der Waals surface area contributed by atoms with Gasteiger partial charge >= 0.3 is 0 Å². The zero-order valence-corrected chi connectivity index (χ0v) is 15.8. The maximum atomic E-state index is 13.2. The van der Waals surface area contributed by atoms with Gasteiger partial charge in [0.15, 0.2) is 12.2 Å². The number of nitrogens with one attached hydrogen (secondary N) is 1. The molecule has 0 aliphatic carbocycles. The Kier molecular flexibility index (Phi) is 5.30. The molecule has 1 saturated heterocycles. The van der Waals surface area contributed by atoms with E-state index in [4.69, 9.17) is 10.5 Å². The van der Waals surface area contributed by atoms with Crippen molar-refractivity contribution in [2.45, 2.75) is 12.2 Å². The molecule has 1 aliphatic heterocycles. The molecule has 0 saturated carbocycles. The molecule has 2 atom stereocenters. The number of carbonyl (C=O) groups is 2. The van der Waals surface area contributed by atoms with Gasteiger partial charge in [-0.15, -0.1) is 0 Å². The van der Waals surface area contributed by atoms with Gasteiger partial charge in [0, 0.05) is 29.5 Å². The Bertz CT molecular complexity index is 1110. The number of anilines is 3. The number of morpholine rings is 1. The number of aliphatic hydroxyl groups is 1. The van der Waals surface area contributed by atoms with Crippen molar-refractivity contribution in [3.63, 3.8) is 0 Å². The van der Waals surface area contributed by atoms with E-state index >= 15 is 0 Å². The van der Waals surface area contributed by atoms with Gasteiger partial charge in [0.25, 0.3) is 11.8 Å². The van der Waals surface area contributed by atoms with Crippen molar-refractivity contribution in [3.8, 4) is 0 Å². The summed E-state index contributed by atoms with van der Waals surface area (Å²) < 4.78 is 18.5. The molecule has 2 heterocycles. The first-order chi connectivity index (χ1) is 14.4. The van der Waals surface area contributed by atoms with Crippen LogP contribution in [-0.2, 0) is 14.3 Å². The Labute approximate surface area is 171 Å². The van der Waals surface area contributed by atoms with Crippen LogP contribution in [0.15, 0.2) is 54.7 Å². The van der Waals surface area contributed by atoms with E-state index in [1.165, 1.54) is 29.2 Å². The molecule has 9 heteroatoms. The summed E-state index contributed by atoms with van der Waals surface area (Å²) >= 11 is 0. The number of pyridine rings is 1. The normalized spacial score (nSPS) is 17.7. The number of halogens is 1. The molecule has 8 nitrogen and oxygen atoms in total. The van der Waals surface area contributed by atoms with Gasteiger partial charge in [-0.25, -0.2) is 9.37 Å². The number of aromatic nitrogens is 1. The first-order valence-electron chi connectivity index (χ1n) is 9.26. The van der Waals surface area contributed by atoms with Gasteiger partial charge in [0.1, 0.15) is 11.6 Å². The first-order valence-corrected chi connectivity index (χ1v) is 9.26. The second-order valence-electron chi connectivity index (χ2n) is 6.82. The average Bonchev–Trinajstić information content (AvgIpc) is 2.74. The fourth-order valence-electron chi connectivity index (χ4n) is 3.34. The first kappa shape index (κ1) is 19.7. The lowest BCUT2D eigenvalue weighted by Crippen LogP contribution is -2.55. The smallest absolute Gasteiger partial charge is 0.259 e. The molecule has 2 amide bonds. The molecule has 3 aromatic rings. The van der Waals surface area contributed by atoms with Crippen molar-refractivity contribution in [3.05, 3.63) is 60.5 Å². The number of ether oxygens (including phenoxy) is 1. The van der Waals surface area contributed by atoms with Crippen LogP contribution in [0.3, 0.4) is 0 Å². The Balaban J connectivity index is 1.49. The van der Waals surface area contributed by atoms with E-state index in [2.05, 4.69) is 10.3 Å². The second-order valence-corrected chi connectivity index (χ2v) is 6.82. The van der Waals surface area contributed by atoms with E-state index < -0.39 is 29.8 Å². The quantitative estimate of drug-likeness (QED) is 0.603. The van der Waals surface area contributed by atoms with E-state index in [9.17, 15) is 19.1 Å². The topological polar surface area (TPSA) is 118 Å². The van der Waals surface area contributed by atoms with Crippen molar-refractivity contribution in [2.75, 3.05) is 29.1 Å². The number of rotatable bonds is 4. The van der Waals surface area contributed by atoms with Crippen molar-refractivity contribution < 1.29 is 23.8 Å². The van der Waals surface area contributed by atoms with Crippen LogP contribution in [0, 0.1) is 5.82 Å². The Morgan fingerprint density at radius 3 is 2.80 bits per heavy atom. The minimum atomic E-state index is -1.72. The third kappa shape index (κ3) is 3.80. The number of hydrogen-bond donors (Lipinski definition) is 3. The lowest BCUT2D eigenvalue weighted by Gasteiger charge is -2.34. The highest BCUT2D eigenvalue weighted by molar-refractivity contribution is 6.04. The van der Waals surface area contributed by atoms with Gasteiger partial charge in [0.05, 0.1) is 6.61 Å². The highest BCUT2D eigenvalue weighted by Crippen LogP contribution is 2.24. The zero-order valence-electron chi connectivity index (χ0n) is 15.8. The molecule has 1 aromatic heterocycles. The molecule has 4 N–H and O–H groups in total. The van der Waals surface area contributed by atoms with Crippen molar-refractivity contribution in [1.82, 2.24) is 4.98 Å². The van der Waals surface area contributed by atoms with Crippen LogP contribution in [0.2, 0.25) is 0 Å².